The van der Waals surface area contributed by atoms with E-state index in [4.69, 9.17) is 10.5 Å². The SMILES string of the molecule is Cc1cc(NC(=O)[C@@H]2CC[C@H](CN)O2)ccc1C(=O)N(C)C.Cl. The van der Waals surface area contributed by atoms with Crippen molar-refractivity contribution in [1.82, 2.24) is 4.90 Å². The summed E-state index contributed by atoms with van der Waals surface area (Å²) in [7, 11) is 3.42. The molecule has 0 radical (unpaired) electrons. The molecule has 2 atom stereocenters. The quantitative estimate of drug-likeness (QED) is 0.870. The monoisotopic (exact) mass is 341 g/mol. The predicted molar refractivity (Wildman–Crippen MR) is 92.0 cm³/mol. The minimum Gasteiger partial charge on any atom is -0.364 e. The number of hydrogen-bond donors (Lipinski definition) is 2. The molecule has 0 aromatic heterocycles. The molecule has 2 rings (SSSR count). The highest BCUT2D eigenvalue weighted by Gasteiger charge is 2.29. The van der Waals surface area contributed by atoms with Crippen LogP contribution in [0.3, 0.4) is 0 Å². The summed E-state index contributed by atoms with van der Waals surface area (Å²) in [6, 6.07) is 5.26. The van der Waals surface area contributed by atoms with Gasteiger partial charge in [-0.05, 0) is 43.5 Å². The molecule has 1 aromatic rings. The van der Waals surface area contributed by atoms with E-state index in [0.29, 0.717) is 24.2 Å². The molecule has 1 heterocycles. The number of benzene rings is 1. The first-order chi connectivity index (χ1) is 10.4. The van der Waals surface area contributed by atoms with E-state index in [1.807, 2.05) is 6.92 Å². The van der Waals surface area contributed by atoms with E-state index in [1.54, 1.807) is 32.3 Å². The minimum absolute atomic E-state index is 0. The van der Waals surface area contributed by atoms with Crippen molar-refractivity contribution in [2.75, 3.05) is 26.0 Å². The lowest BCUT2D eigenvalue weighted by molar-refractivity contribution is -0.126. The zero-order valence-corrected chi connectivity index (χ0v) is 14.5. The Bertz CT molecular complexity index is 578. The fraction of sp³-hybridized carbons (Fsp3) is 0.500. The van der Waals surface area contributed by atoms with Crippen molar-refractivity contribution in [1.29, 1.82) is 0 Å². The number of anilines is 1. The maximum atomic E-state index is 12.2. The van der Waals surface area contributed by atoms with E-state index in [1.165, 1.54) is 4.90 Å². The Morgan fingerprint density at radius 2 is 2.04 bits per heavy atom. The number of carbonyl (C=O) groups excluding carboxylic acids is 2. The Hall–Kier alpha value is -1.63. The fourth-order valence-corrected chi connectivity index (χ4v) is 2.52. The van der Waals surface area contributed by atoms with E-state index in [0.717, 1.165) is 12.0 Å². The van der Waals surface area contributed by atoms with Crippen molar-refractivity contribution in [3.63, 3.8) is 0 Å². The molecule has 0 aliphatic carbocycles. The predicted octanol–water partition coefficient (Wildman–Crippen LogP) is 1.56. The van der Waals surface area contributed by atoms with Gasteiger partial charge < -0.3 is 20.7 Å². The summed E-state index contributed by atoms with van der Waals surface area (Å²) in [6.07, 6.45) is 1.02. The molecule has 2 amide bonds. The van der Waals surface area contributed by atoms with Gasteiger partial charge in [0.05, 0.1) is 6.10 Å². The van der Waals surface area contributed by atoms with Crippen LogP contribution in [-0.4, -0.2) is 49.6 Å². The first kappa shape index (κ1) is 19.4. The molecule has 23 heavy (non-hydrogen) atoms. The lowest BCUT2D eigenvalue weighted by Gasteiger charge is -2.15. The van der Waals surface area contributed by atoms with Gasteiger partial charge in [0, 0.05) is 31.9 Å². The van der Waals surface area contributed by atoms with Crippen LogP contribution in [0.1, 0.15) is 28.8 Å². The van der Waals surface area contributed by atoms with Crippen LogP contribution in [0.25, 0.3) is 0 Å². The molecule has 6 nitrogen and oxygen atoms in total. The molecule has 128 valence electrons. The van der Waals surface area contributed by atoms with Crippen LogP contribution >= 0.6 is 12.4 Å². The summed E-state index contributed by atoms with van der Waals surface area (Å²) >= 11 is 0. The minimum atomic E-state index is -0.447. The first-order valence-corrected chi connectivity index (χ1v) is 7.41. The van der Waals surface area contributed by atoms with Gasteiger partial charge in [-0.3, -0.25) is 9.59 Å². The zero-order valence-electron chi connectivity index (χ0n) is 13.7. The largest absolute Gasteiger partial charge is 0.364 e. The molecule has 1 aromatic carbocycles. The summed E-state index contributed by atoms with van der Waals surface area (Å²) < 4.78 is 5.57. The van der Waals surface area contributed by atoms with Crippen LogP contribution in [0.5, 0.6) is 0 Å². The number of nitrogens with two attached hydrogens (primary N) is 1. The molecule has 0 saturated carbocycles. The molecule has 1 fully saturated rings. The highest BCUT2D eigenvalue weighted by molar-refractivity contribution is 5.97. The fourth-order valence-electron chi connectivity index (χ4n) is 2.52. The van der Waals surface area contributed by atoms with Crippen LogP contribution < -0.4 is 11.1 Å². The number of rotatable bonds is 4. The normalized spacial score (nSPS) is 19.8. The number of nitrogens with zero attached hydrogens (tertiary/aromatic N) is 1. The maximum Gasteiger partial charge on any atom is 0.253 e. The molecule has 1 aliphatic heterocycles. The summed E-state index contributed by atoms with van der Waals surface area (Å²) in [5.41, 5.74) is 7.66. The number of carbonyl (C=O) groups is 2. The van der Waals surface area contributed by atoms with Gasteiger partial charge >= 0.3 is 0 Å². The molecule has 1 aliphatic rings. The van der Waals surface area contributed by atoms with E-state index in [9.17, 15) is 9.59 Å². The Balaban J connectivity index is 0.00000264. The van der Waals surface area contributed by atoms with E-state index in [2.05, 4.69) is 5.32 Å². The number of nitrogens with one attached hydrogen (secondary N) is 1. The second-order valence-electron chi connectivity index (χ2n) is 5.78. The van der Waals surface area contributed by atoms with Gasteiger partial charge in [0.15, 0.2) is 0 Å². The van der Waals surface area contributed by atoms with Gasteiger partial charge in [0.1, 0.15) is 6.10 Å². The number of amides is 2. The second kappa shape index (κ2) is 8.29. The maximum absolute atomic E-state index is 12.2. The number of halogens is 1. The van der Waals surface area contributed by atoms with Crippen LogP contribution in [0.2, 0.25) is 0 Å². The van der Waals surface area contributed by atoms with Crippen molar-refractivity contribution in [2.45, 2.75) is 32.0 Å². The van der Waals surface area contributed by atoms with Gasteiger partial charge in [0.25, 0.3) is 11.8 Å². The van der Waals surface area contributed by atoms with E-state index >= 15 is 0 Å². The molecular weight excluding hydrogens is 318 g/mol. The molecule has 1 saturated heterocycles. The van der Waals surface area contributed by atoms with Gasteiger partial charge in [-0.1, -0.05) is 0 Å². The van der Waals surface area contributed by atoms with Crippen LogP contribution in [0.4, 0.5) is 5.69 Å². The number of aryl methyl sites for hydroxylation is 1. The van der Waals surface area contributed by atoms with Crippen LogP contribution in [0, 0.1) is 6.92 Å². The third-order valence-electron chi connectivity index (χ3n) is 3.79. The van der Waals surface area contributed by atoms with Gasteiger partial charge in [0.2, 0.25) is 0 Å². The van der Waals surface area contributed by atoms with Crippen molar-refractivity contribution in [3.8, 4) is 0 Å². The smallest absolute Gasteiger partial charge is 0.253 e. The third-order valence-corrected chi connectivity index (χ3v) is 3.79. The number of ether oxygens (including phenoxy) is 1. The Morgan fingerprint density at radius 3 is 2.57 bits per heavy atom. The summed E-state index contributed by atoms with van der Waals surface area (Å²) in [4.78, 5) is 25.7. The van der Waals surface area contributed by atoms with Crippen molar-refractivity contribution < 1.29 is 14.3 Å². The Labute approximate surface area is 142 Å². The highest BCUT2D eigenvalue weighted by Crippen LogP contribution is 2.21. The van der Waals surface area contributed by atoms with Gasteiger partial charge in [-0.25, -0.2) is 0 Å². The van der Waals surface area contributed by atoms with E-state index in [-0.39, 0.29) is 30.3 Å². The second-order valence-corrected chi connectivity index (χ2v) is 5.78. The average molecular weight is 342 g/mol. The van der Waals surface area contributed by atoms with Crippen molar-refractivity contribution >= 4 is 29.9 Å². The summed E-state index contributed by atoms with van der Waals surface area (Å²) in [5, 5.41) is 2.84. The standard InChI is InChI=1S/C16H23N3O3.ClH/c1-10-8-11(4-6-13(10)16(21)19(2)3)18-15(20)14-7-5-12(9-17)22-14;/h4,6,8,12,14H,5,7,9,17H2,1-3H3,(H,18,20);1H/t12-,14+;/m1./s1. The van der Waals surface area contributed by atoms with Crippen LogP contribution in [0.15, 0.2) is 18.2 Å². The molecule has 3 N–H and O–H groups in total. The van der Waals surface area contributed by atoms with Crippen molar-refractivity contribution in [2.24, 2.45) is 5.73 Å². The number of hydrogen-bond acceptors (Lipinski definition) is 4. The average Bonchev–Trinajstić information content (AvgIpc) is 2.95. The Morgan fingerprint density at radius 1 is 1.35 bits per heavy atom. The summed E-state index contributed by atoms with van der Waals surface area (Å²) in [5.74, 6) is -0.220. The topological polar surface area (TPSA) is 84.7 Å². The van der Waals surface area contributed by atoms with Gasteiger partial charge in [-0.15, -0.1) is 12.4 Å². The highest BCUT2D eigenvalue weighted by atomic mass is 35.5. The lowest BCUT2D eigenvalue weighted by Crippen LogP contribution is -2.30. The third kappa shape index (κ3) is 4.67. The molecule has 0 bridgehead atoms. The van der Waals surface area contributed by atoms with Gasteiger partial charge in [-0.2, -0.15) is 0 Å². The van der Waals surface area contributed by atoms with Crippen LogP contribution in [-0.2, 0) is 9.53 Å². The molecule has 0 unspecified atom stereocenters. The molecular formula is C16H24ClN3O3. The Kier molecular flexibility index (Phi) is 7.00. The summed E-state index contributed by atoms with van der Waals surface area (Å²) in [6.45, 7) is 2.28. The molecule has 7 heteroatoms. The first-order valence-electron chi connectivity index (χ1n) is 7.41. The van der Waals surface area contributed by atoms with Crippen molar-refractivity contribution in [3.05, 3.63) is 29.3 Å². The lowest BCUT2D eigenvalue weighted by atomic mass is 10.1. The van der Waals surface area contributed by atoms with E-state index < -0.39 is 6.10 Å². The molecule has 0 spiro atoms. The zero-order chi connectivity index (χ0) is 16.3.